The molecule has 0 spiro atoms. The average Bonchev–Trinajstić information content (AvgIpc) is 2.13. The fourth-order valence-corrected chi connectivity index (χ4v) is 2.86. The molecule has 3 N–H and O–H groups in total. The molecule has 0 aromatic carbocycles. The zero-order valence-electron chi connectivity index (χ0n) is 12.3. The first-order valence-corrected chi connectivity index (χ1v) is 7.33. The Morgan fingerprint density at radius 1 is 1.29 bits per heavy atom. The standard InChI is InChI=1S/C15H32N2/c1-5-15(8-6-9-15)12-17-10-7-13(16)11-14(2,3)4/h13,17H,5-12,16H2,1-4H3. The molecule has 0 aliphatic heterocycles. The van der Waals surface area contributed by atoms with Crippen LogP contribution in [0.2, 0.25) is 0 Å². The van der Waals surface area contributed by atoms with E-state index in [2.05, 4.69) is 33.0 Å². The summed E-state index contributed by atoms with van der Waals surface area (Å²) in [4.78, 5) is 0. The summed E-state index contributed by atoms with van der Waals surface area (Å²) in [6.45, 7) is 11.4. The van der Waals surface area contributed by atoms with Crippen molar-refractivity contribution in [2.45, 2.75) is 72.3 Å². The van der Waals surface area contributed by atoms with Gasteiger partial charge >= 0.3 is 0 Å². The fourth-order valence-electron chi connectivity index (χ4n) is 2.86. The highest BCUT2D eigenvalue weighted by molar-refractivity contribution is 4.88. The summed E-state index contributed by atoms with van der Waals surface area (Å²) in [5.41, 5.74) is 7.14. The van der Waals surface area contributed by atoms with Crippen molar-refractivity contribution >= 4 is 0 Å². The topological polar surface area (TPSA) is 38.0 Å². The van der Waals surface area contributed by atoms with Crippen LogP contribution in [0, 0.1) is 10.8 Å². The Morgan fingerprint density at radius 3 is 2.35 bits per heavy atom. The maximum atomic E-state index is 6.15. The van der Waals surface area contributed by atoms with Crippen LogP contribution in [0.5, 0.6) is 0 Å². The summed E-state index contributed by atoms with van der Waals surface area (Å²) in [5, 5.41) is 3.62. The molecule has 0 amide bonds. The first-order chi connectivity index (χ1) is 7.87. The smallest absolute Gasteiger partial charge is 0.00558 e. The summed E-state index contributed by atoms with van der Waals surface area (Å²) in [6.07, 6.45) is 7.83. The molecule has 0 heterocycles. The van der Waals surface area contributed by atoms with E-state index in [1.54, 1.807) is 0 Å². The van der Waals surface area contributed by atoms with Crippen LogP contribution in [0.3, 0.4) is 0 Å². The molecule has 1 fully saturated rings. The molecule has 0 bridgehead atoms. The molecule has 0 saturated heterocycles. The highest BCUT2D eigenvalue weighted by Gasteiger charge is 2.34. The summed E-state index contributed by atoms with van der Waals surface area (Å²) in [6, 6.07) is 0.349. The lowest BCUT2D eigenvalue weighted by molar-refractivity contribution is 0.124. The van der Waals surface area contributed by atoms with Crippen molar-refractivity contribution in [2.24, 2.45) is 16.6 Å². The van der Waals surface area contributed by atoms with Crippen LogP contribution in [-0.2, 0) is 0 Å². The second-order valence-corrected chi connectivity index (χ2v) is 7.20. The van der Waals surface area contributed by atoms with Gasteiger partial charge in [0.1, 0.15) is 0 Å². The summed E-state index contributed by atoms with van der Waals surface area (Å²) in [7, 11) is 0. The lowest BCUT2D eigenvalue weighted by atomic mass is 9.67. The quantitative estimate of drug-likeness (QED) is 0.670. The van der Waals surface area contributed by atoms with Crippen LogP contribution < -0.4 is 11.1 Å². The monoisotopic (exact) mass is 240 g/mol. The van der Waals surface area contributed by atoms with Gasteiger partial charge in [-0.3, -0.25) is 0 Å². The van der Waals surface area contributed by atoms with Crippen molar-refractivity contribution in [1.82, 2.24) is 5.32 Å². The lowest BCUT2D eigenvalue weighted by Gasteiger charge is -2.41. The van der Waals surface area contributed by atoms with E-state index < -0.39 is 0 Å². The molecule has 1 rings (SSSR count). The predicted octanol–water partition coefficient (Wildman–Crippen LogP) is 3.31. The van der Waals surface area contributed by atoms with Crippen molar-refractivity contribution in [3.8, 4) is 0 Å². The van der Waals surface area contributed by atoms with E-state index in [0.717, 1.165) is 19.4 Å². The predicted molar refractivity (Wildman–Crippen MR) is 76.1 cm³/mol. The van der Waals surface area contributed by atoms with Crippen LogP contribution in [0.1, 0.15) is 66.2 Å². The molecule has 1 atom stereocenters. The molecule has 2 heteroatoms. The van der Waals surface area contributed by atoms with Crippen molar-refractivity contribution in [1.29, 1.82) is 0 Å². The number of nitrogens with one attached hydrogen (secondary N) is 1. The zero-order chi connectivity index (χ0) is 12.9. The third kappa shape index (κ3) is 5.39. The van der Waals surface area contributed by atoms with Gasteiger partial charge in [-0.2, -0.15) is 0 Å². The van der Waals surface area contributed by atoms with Crippen molar-refractivity contribution < 1.29 is 0 Å². The number of nitrogens with two attached hydrogens (primary N) is 1. The molecule has 0 aromatic heterocycles. The maximum absolute atomic E-state index is 6.15. The van der Waals surface area contributed by atoms with Crippen LogP contribution >= 0.6 is 0 Å². The minimum absolute atomic E-state index is 0.349. The Labute approximate surface area is 108 Å². The maximum Gasteiger partial charge on any atom is 0.00558 e. The Hall–Kier alpha value is -0.0800. The Kier molecular flexibility index (Phi) is 5.46. The fraction of sp³-hybridized carbons (Fsp3) is 1.00. The van der Waals surface area contributed by atoms with Gasteiger partial charge in [-0.25, -0.2) is 0 Å². The van der Waals surface area contributed by atoms with E-state index >= 15 is 0 Å². The van der Waals surface area contributed by atoms with Gasteiger partial charge in [-0.05, 0) is 49.5 Å². The second-order valence-electron chi connectivity index (χ2n) is 7.20. The molecule has 17 heavy (non-hydrogen) atoms. The van der Waals surface area contributed by atoms with Crippen molar-refractivity contribution in [2.75, 3.05) is 13.1 Å². The van der Waals surface area contributed by atoms with E-state index in [0.29, 0.717) is 16.9 Å². The first-order valence-electron chi connectivity index (χ1n) is 7.33. The molecule has 1 unspecified atom stereocenters. The minimum atomic E-state index is 0.349. The van der Waals surface area contributed by atoms with E-state index in [9.17, 15) is 0 Å². The van der Waals surface area contributed by atoms with E-state index in [-0.39, 0.29) is 0 Å². The van der Waals surface area contributed by atoms with E-state index in [1.807, 2.05) is 0 Å². The summed E-state index contributed by atoms with van der Waals surface area (Å²) in [5.74, 6) is 0. The normalized spacial score (nSPS) is 21.0. The largest absolute Gasteiger partial charge is 0.328 e. The summed E-state index contributed by atoms with van der Waals surface area (Å²) >= 11 is 0. The third-order valence-electron chi connectivity index (χ3n) is 4.23. The van der Waals surface area contributed by atoms with Gasteiger partial charge in [0.25, 0.3) is 0 Å². The SMILES string of the molecule is CCC1(CNCCC(N)CC(C)(C)C)CCC1. The molecule has 2 nitrogen and oxygen atoms in total. The molecular formula is C15H32N2. The highest BCUT2D eigenvalue weighted by Crippen LogP contribution is 2.42. The van der Waals surface area contributed by atoms with Gasteiger partial charge in [0, 0.05) is 12.6 Å². The highest BCUT2D eigenvalue weighted by atomic mass is 14.9. The number of rotatable bonds is 7. The third-order valence-corrected chi connectivity index (χ3v) is 4.23. The molecular weight excluding hydrogens is 208 g/mol. The van der Waals surface area contributed by atoms with Crippen molar-refractivity contribution in [3.05, 3.63) is 0 Å². The number of hydrogen-bond acceptors (Lipinski definition) is 2. The lowest BCUT2D eigenvalue weighted by Crippen LogP contribution is -2.40. The van der Waals surface area contributed by atoms with Crippen LogP contribution in [0.4, 0.5) is 0 Å². The molecule has 1 aliphatic rings. The molecule has 0 radical (unpaired) electrons. The molecule has 102 valence electrons. The van der Waals surface area contributed by atoms with Gasteiger partial charge in [-0.15, -0.1) is 0 Å². The Morgan fingerprint density at radius 2 is 1.94 bits per heavy atom. The number of hydrogen-bond donors (Lipinski definition) is 2. The molecule has 1 saturated carbocycles. The summed E-state index contributed by atoms with van der Waals surface area (Å²) < 4.78 is 0. The van der Waals surface area contributed by atoms with E-state index in [1.165, 1.54) is 32.2 Å². The Bertz CT molecular complexity index is 208. The zero-order valence-corrected chi connectivity index (χ0v) is 12.3. The molecule has 1 aliphatic carbocycles. The Balaban J connectivity index is 2.07. The van der Waals surface area contributed by atoms with Crippen LogP contribution in [0.25, 0.3) is 0 Å². The van der Waals surface area contributed by atoms with Crippen LogP contribution in [0.15, 0.2) is 0 Å². The van der Waals surface area contributed by atoms with Crippen molar-refractivity contribution in [3.63, 3.8) is 0 Å². The average molecular weight is 240 g/mol. The molecule has 0 aromatic rings. The first kappa shape index (κ1) is 15.0. The van der Waals surface area contributed by atoms with Gasteiger partial charge in [0.2, 0.25) is 0 Å². The van der Waals surface area contributed by atoms with Gasteiger partial charge < -0.3 is 11.1 Å². The second kappa shape index (κ2) is 6.19. The van der Waals surface area contributed by atoms with Gasteiger partial charge in [-0.1, -0.05) is 34.1 Å². The van der Waals surface area contributed by atoms with Crippen LogP contribution in [-0.4, -0.2) is 19.1 Å². The van der Waals surface area contributed by atoms with E-state index in [4.69, 9.17) is 5.73 Å². The minimum Gasteiger partial charge on any atom is -0.328 e. The van der Waals surface area contributed by atoms with Gasteiger partial charge in [0.15, 0.2) is 0 Å². The van der Waals surface area contributed by atoms with Gasteiger partial charge in [0.05, 0.1) is 0 Å².